The summed E-state index contributed by atoms with van der Waals surface area (Å²) in [4.78, 5) is 23.4. The van der Waals surface area contributed by atoms with Crippen LogP contribution in [0.4, 0.5) is 16.2 Å². The number of benzene rings is 1. The highest BCUT2D eigenvalue weighted by Gasteiger charge is 2.42. The highest BCUT2D eigenvalue weighted by atomic mass is 35.5. The van der Waals surface area contributed by atoms with Crippen molar-refractivity contribution in [2.45, 2.75) is 50.6 Å². The highest BCUT2D eigenvalue weighted by Crippen LogP contribution is 2.40. The Morgan fingerprint density at radius 1 is 1.19 bits per heavy atom. The standard InChI is InChI=1S/C33H36ClFN8/c1-3-8-24(27-22(2)9-6-10-26(27)34)29-28(35)30-25(17-37-29)31(42-18-23(19-42)41-16-13-36-21-41)40-32(39-30)38-20-33-11-4-5-14-43(33)15-7-12-33/h3,6,8-10,13,16-17,21,23H,1,4-5,7,11-12,14-15,18-20H2,2H3,(H,38,39,40)/b24-8+. The molecule has 1 unspecified atom stereocenters. The van der Waals surface area contributed by atoms with Gasteiger partial charge in [-0.1, -0.05) is 48.9 Å². The third-order valence-corrected chi connectivity index (χ3v) is 9.75. The maximum Gasteiger partial charge on any atom is 0.225 e. The van der Waals surface area contributed by atoms with Crippen LogP contribution in [-0.2, 0) is 0 Å². The van der Waals surface area contributed by atoms with Crippen LogP contribution in [0.2, 0.25) is 5.02 Å². The van der Waals surface area contributed by atoms with Crippen LogP contribution in [0.5, 0.6) is 0 Å². The summed E-state index contributed by atoms with van der Waals surface area (Å²) in [5.41, 5.74) is 2.76. The molecule has 0 amide bonds. The highest BCUT2D eigenvalue weighted by molar-refractivity contribution is 6.32. The molecule has 6 heterocycles. The van der Waals surface area contributed by atoms with Crippen LogP contribution in [-0.4, -0.2) is 67.7 Å². The van der Waals surface area contributed by atoms with Gasteiger partial charge < -0.3 is 14.8 Å². The van der Waals surface area contributed by atoms with Crippen LogP contribution in [0.1, 0.15) is 55.0 Å². The smallest absolute Gasteiger partial charge is 0.225 e. The molecule has 4 aromatic rings. The number of nitrogens with zero attached hydrogens (tertiary/aromatic N) is 7. The molecule has 0 spiro atoms. The van der Waals surface area contributed by atoms with E-state index in [1.54, 1.807) is 30.6 Å². The van der Waals surface area contributed by atoms with Crippen molar-refractivity contribution in [1.29, 1.82) is 0 Å². The molecule has 3 saturated heterocycles. The molecule has 10 heteroatoms. The number of rotatable bonds is 8. The number of piperidine rings is 1. The molecule has 0 bridgehead atoms. The van der Waals surface area contributed by atoms with Crippen LogP contribution >= 0.6 is 11.6 Å². The van der Waals surface area contributed by atoms with Crippen LogP contribution in [0.25, 0.3) is 16.5 Å². The Morgan fingerprint density at radius 3 is 2.81 bits per heavy atom. The molecule has 43 heavy (non-hydrogen) atoms. The minimum atomic E-state index is -0.498. The first-order valence-corrected chi connectivity index (χ1v) is 15.5. The molecule has 7 rings (SSSR count). The molecular weight excluding hydrogens is 563 g/mol. The van der Waals surface area contributed by atoms with E-state index in [0.717, 1.165) is 56.7 Å². The fourth-order valence-electron chi connectivity index (χ4n) is 7.14. The topological polar surface area (TPSA) is 75.0 Å². The first-order valence-electron chi connectivity index (χ1n) is 15.1. The second-order valence-corrected chi connectivity index (χ2v) is 12.4. The average Bonchev–Trinajstić information content (AvgIpc) is 3.66. The predicted molar refractivity (Wildman–Crippen MR) is 170 cm³/mol. The second-order valence-electron chi connectivity index (χ2n) is 12.0. The zero-order valence-electron chi connectivity index (χ0n) is 24.4. The molecule has 1 N–H and O–H groups in total. The first-order chi connectivity index (χ1) is 21.0. The molecule has 0 aliphatic carbocycles. The number of aromatic nitrogens is 5. The summed E-state index contributed by atoms with van der Waals surface area (Å²) in [6.45, 7) is 10.3. The number of hydrogen-bond acceptors (Lipinski definition) is 7. The van der Waals surface area contributed by atoms with Crippen LogP contribution in [0.3, 0.4) is 0 Å². The molecule has 8 nitrogen and oxygen atoms in total. The molecular formula is C33H36ClFN8. The number of pyridine rings is 1. The predicted octanol–water partition coefficient (Wildman–Crippen LogP) is 6.43. The quantitative estimate of drug-likeness (QED) is 0.234. The fraction of sp³-hybridized carbons (Fsp3) is 0.394. The van der Waals surface area contributed by atoms with Gasteiger partial charge in [0.05, 0.1) is 17.8 Å². The van der Waals surface area contributed by atoms with Crippen molar-refractivity contribution in [2.75, 3.05) is 42.9 Å². The number of imidazole rings is 1. The molecule has 0 saturated carbocycles. The van der Waals surface area contributed by atoms with Crippen LogP contribution in [0, 0.1) is 12.7 Å². The molecule has 0 radical (unpaired) electrons. The Bertz CT molecular complexity index is 1680. The largest absolute Gasteiger partial charge is 0.352 e. The van der Waals surface area contributed by atoms with Crippen LogP contribution in [0.15, 0.2) is 61.8 Å². The SMILES string of the molecule is C=C/C=C(/c1ncc2c(N3CC(n4ccnc4)C3)nc(NCC34CCCCN3CCC4)nc2c1F)c1c(C)cccc1Cl. The summed E-state index contributed by atoms with van der Waals surface area (Å²) in [5, 5.41) is 4.67. The molecule has 3 aromatic heterocycles. The van der Waals surface area contributed by atoms with Gasteiger partial charge >= 0.3 is 0 Å². The van der Waals surface area contributed by atoms with E-state index in [2.05, 4.69) is 36.2 Å². The number of allylic oxidation sites excluding steroid dienone is 2. The summed E-state index contributed by atoms with van der Waals surface area (Å²) in [7, 11) is 0. The van der Waals surface area contributed by atoms with Gasteiger partial charge in [0.1, 0.15) is 17.0 Å². The number of nitrogens with one attached hydrogen (secondary N) is 1. The zero-order chi connectivity index (χ0) is 29.6. The van der Waals surface area contributed by atoms with Gasteiger partial charge in [-0.3, -0.25) is 9.88 Å². The Balaban J connectivity index is 1.30. The molecule has 3 aliphatic rings. The Morgan fingerprint density at radius 2 is 2.02 bits per heavy atom. The normalized spacial score (nSPS) is 21.2. The molecule has 1 atom stereocenters. The van der Waals surface area contributed by atoms with E-state index < -0.39 is 5.82 Å². The number of fused-ring (bicyclic) bond motifs is 2. The van der Waals surface area contributed by atoms with Gasteiger partial charge in [-0.2, -0.15) is 4.98 Å². The van der Waals surface area contributed by atoms with Gasteiger partial charge in [-0.15, -0.1) is 0 Å². The van der Waals surface area contributed by atoms with Crippen LogP contribution < -0.4 is 10.2 Å². The summed E-state index contributed by atoms with van der Waals surface area (Å²) in [6.07, 6.45) is 16.7. The van der Waals surface area contributed by atoms with E-state index in [9.17, 15) is 0 Å². The van der Waals surface area contributed by atoms with Crippen molar-refractivity contribution < 1.29 is 4.39 Å². The summed E-state index contributed by atoms with van der Waals surface area (Å²) in [6, 6.07) is 5.92. The van der Waals surface area contributed by atoms with E-state index in [1.165, 1.54) is 19.3 Å². The monoisotopic (exact) mass is 598 g/mol. The van der Waals surface area contributed by atoms with Crippen molar-refractivity contribution in [3.05, 3.63) is 89.5 Å². The van der Waals surface area contributed by atoms with Gasteiger partial charge in [0.25, 0.3) is 0 Å². The van der Waals surface area contributed by atoms with Gasteiger partial charge in [0, 0.05) is 59.9 Å². The third-order valence-electron chi connectivity index (χ3n) is 9.44. The van der Waals surface area contributed by atoms with E-state index in [1.807, 2.05) is 31.6 Å². The maximum atomic E-state index is 16.7. The fourth-order valence-corrected chi connectivity index (χ4v) is 7.46. The van der Waals surface area contributed by atoms with Crippen molar-refractivity contribution >= 4 is 39.8 Å². The van der Waals surface area contributed by atoms with Crippen molar-refractivity contribution in [3.63, 3.8) is 0 Å². The van der Waals surface area contributed by atoms with E-state index in [4.69, 9.17) is 21.6 Å². The lowest BCUT2D eigenvalue weighted by molar-refractivity contribution is 0.101. The lowest BCUT2D eigenvalue weighted by Crippen LogP contribution is -2.52. The van der Waals surface area contributed by atoms with Gasteiger partial charge in [-0.05, 0) is 57.3 Å². The lowest BCUT2D eigenvalue weighted by atomic mass is 9.86. The Kier molecular flexibility index (Phi) is 7.39. The number of aryl methyl sites for hydroxylation is 1. The summed E-state index contributed by atoms with van der Waals surface area (Å²) >= 11 is 6.64. The maximum absolute atomic E-state index is 16.7. The van der Waals surface area contributed by atoms with Crippen molar-refractivity contribution in [3.8, 4) is 0 Å². The number of halogens is 2. The Labute approximate surface area is 256 Å². The minimum Gasteiger partial charge on any atom is -0.352 e. The molecule has 3 aliphatic heterocycles. The zero-order valence-corrected chi connectivity index (χ0v) is 25.2. The lowest BCUT2D eigenvalue weighted by Gasteiger charge is -2.43. The molecule has 3 fully saturated rings. The summed E-state index contributed by atoms with van der Waals surface area (Å²) in [5.74, 6) is 0.635. The van der Waals surface area contributed by atoms with E-state index in [-0.39, 0.29) is 22.8 Å². The minimum absolute atomic E-state index is 0.114. The molecule has 222 valence electrons. The van der Waals surface area contributed by atoms with E-state index >= 15 is 4.39 Å². The Hall–Kier alpha value is -3.82. The third kappa shape index (κ3) is 4.98. The van der Waals surface area contributed by atoms with Gasteiger partial charge in [0.2, 0.25) is 5.95 Å². The van der Waals surface area contributed by atoms with Crippen molar-refractivity contribution in [1.82, 2.24) is 29.4 Å². The van der Waals surface area contributed by atoms with Gasteiger partial charge in [-0.25, -0.2) is 14.4 Å². The average molecular weight is 599 g/mol. The first kappa shape index (κ1) is 28.0. The summed E-state index contributed by atoms with van der Waals surface area (Å²) < 4.78 is 18.8. The molecule has 1 aromatic carbocycles. The number of anilines is 2. The van der Waals surface area contributed by atoms with Gasteiger partial charge in [0.15, 0.2) is 5.82 Å². The second kappa shape index (κ2) is 11.4. The van der Waals surface area contributed by atoms with Crippen molar-refractivity contribution in [2.24, 2.45) is 0 Å². The number of hydrogen-bond donors (Lipinski definition) is 1. The van der Waals surface area contributed by atoms with E-state index in [0.29, 0.717) is 27.7 Å².